The van der Waals surface area contributed by atoms with Crippen LogP contribution in [0, 0.1) is 0 Å². The summed E-state index contributed by atoms with van der Waals surface area (Å²) in [5.41, 5.74) is 5.70. The number of carboxylic acids is 1. The Hall–Kier alpha value is -1.30. The molecule has 1 fully saturated rings. The Morgan fingerprint density at radius 3 is 2.50 bits per heavy atom. The van der Waals surface area contributed by atoms with Gasteiger partial charge in [0.25, 0.3) is 0 Å². The van der Waals surface area contributed by atoms with Crippen LogP contribution in [0.4, 0.5) is 0 Å². The molecule has 0 saturated carbocycles. The van der Waals surface area contributed by atoms with Crippen LogP contribution in [0.15, 0.2) is 5.11 Å². The van der Waals surface area contributed by atoms with Crippen molar-refractivity contribution in [3.63, 3.8) is 0 Å². The van der Waals surface area contributed by atoms with Gasteiger partial charge in [0.2, 0.25) is 0 Å². The smallest absolute Gasteiger partial charge is 0.327 e. The molecular formula is C11H20N4O3. The maximum Gasteiger partial charge on any atom is 0.327 e. The largest absolute Gasteiger partial charge is 0.480 e. The molecule has 1 atom stereocenters. The number of carboxylic acid groups (broad SMARTS) is 1. The monoisotopic (exact) mass is 256 g/mol. The van der Waals surface area contributed by atoms with E-state index in [0.29, 0.717) is 13.0 Å². The summed E-state index contributed by atoms with van der Waals surface area (Å²) in [6.45, 7) is 7.78. The minimum atomic E-state index is -1.17. The van der Waals surface area contributed by atoms with Crippen LogP contribution in [-0.2, 0) is 9.53 Å². The van der Waals surface area contributed by atoms with Gasteiger partial charge in [0.15, 0.2) is 0 Å². The van der Waals surface area contributed by atoms with Crippen molar-refractivity contribution in [2.75, 3.05) is 13.1 Å². The molecule has 18 heavy (non-hydrogen) atoms. The van der Waals surface area contributed by atoms with Gasteiger partial charge in [0.1, 0.15) is 5.54 Å². The number of hydrogen-bond donors (Lipinski definition) is 2. The second-order valence-corrected chi connectivity index (χ2v) is 5.64. The number of rotatable bonds is 5. The van der Waals surface area contributed by atoms with Crippen molar-refractivity contribution < 1.29 is 14.6 Å². The Bertz CT molecular complexity index is 388. The third-order valence-electron chi connectivity index (χ3n) is 3.32. The van der Waals surface area contributed by atoms with E-state index in [9.17, 15) is 9.90 Å². The average Bonchev–Trinajstić information content (AvgIpc) is 2.39. The highest BCUT2D eigenvalue weighted by Gasteiger charge is 2.61. The van der Waals surface area contributed by atoms with Gasteiger partial charge in [0, 0.05) is 24.4 Å². The quantitative estimate of drug-likeness (QED) is 0.337. The third kappa shape index (κ3) is 2.58. The fourth-order valence-electron chi connectivity index (χ4n) is 2.71. The molecule has 1 aliphatic heterocycles. The fraction of sp³-hybridized carbons (Fsp3) is 0.909. The lowest BCUT2D eigenvalue weighted by atomic mass is 9.79. The molecule has 2 N–H and O–H groups in total. The van der Waals surface area contributed by atoms with Crippen LogP contribution >= 0.6 is 0 Å². The fourth-order valence-corrected chi connectivity index (χ4v) is 2.71. The number of azide groups is 1. The molecule has 0 aromatic rings. The molecule has 1 heterocycles. The lowest BCUT2D eigenvalue weighted by molar-refractivity contribution is -0.153. The minimum Gasteiger partial charge on any atom is -0.480 e. The van der Waals surface area contributed by atoms with Crippen LogP contribution in [0.5, 0.6) is 0 Å². The molecular weight excluding hydrogens is 236 g/mol. The number of ether oxygens (including phenoxy) is 1. The number of nitrogens with one attached hydrogen (secondary N) is 1. The standard InChI is InChI=1S/C11H20N4O3/c1-9(2)7-11(8(16)17,10(3,4)18-9)13-5-6-14-15-12/h13H,5-7H2,1-4H3,(H,16,17). The molecule has 0 aromatic carbocycles. The van der Waals surface area contributed by atoms with E-state index in [1.54, 1.807) is 13.8 Å². The zero-order chi connectivity index (χ0) is 14.0. The molecule has 7 nitrogen and oxygen atoms in total. The van der Waals surface area contributed by atoms with Crippen molar-refractivity contribution in [1.82, 2.24) is 5.32 Å². The van der Waals surface area contributed by atoms with Crippen molar-refractivity contribution in [2.45, 2.75) is 50.9 Å². The SMILES string of the molecule is CC1(C)CC(NCCN=[N+]=[N-])(C(=O)O)C(C)(C)O1. The second kappa shape index (κ2) is 4.76. The van der Waals surface area contributed by atoms with E-state index in [2.05, 4.69) is 15.3 Å². The number of hydrogen-bond acceptors (Lipinski definition) is 4. The molecule has 1 aliphatic rings. The summed E-state index contributed by atoms with van der Waals surface area (Å²) in [6, 6.07) is 0. The Labute approximate surface area is 106 Å². The summed E-state index contributed by atoms with van der Waals surface area (Å²) in [5.74, 6) is -0.945. The van der Waals surface area contributed by atoms with E-state index in [1.165, 1.54) is 0 Å². The van der Waals surface area contributed by atoms with E-state index in [-0.39, 0.29) is 6.54 Å². The van der Waals surface area contributed by atoms with Crippen LogP contribution < -0.4 is 5.32 Å². The van der Waals surface area contributed by atoms with Crippen molar-refractivity contribution in [3.8, 4) is 0 Å². The number of aliphatic carboxylic acids is 1. The van der Waals surface area contributed by atoms with Gasteiger partial charge in [-0.3, -0.25) is 10.1 Å². The van der Waals surface area contributed by atoms with Crippen molar-refractivity contribution in [3.05, 3.63) is 10.4 Å². The molecule has 0 aliphatic carbocycles. The summed E-state index contributed by atoms with van der Waals surface area (Å²) in [6.07, 6.45) is 0.360. The average molecular weight is 256 g/mol. The molecule has 0 amide bonds. The predicted octanol–water partition coefficient (Wildman–Crippen LogP) is 1.69. The molecule has 0 spiro atoms. The molecule has 1 rings (SSSR count). The molecule has 102 valence electrons. The third-order valence-corrected chi connectivity index (χ3v) is 3.32. The number of nitrogens with zero attached hydrogens (tertiary/aromatic N) is 3. The van der Waals surface area contributed by atoms with Crippen LogP contribution in [0.3, 0.4) is 0 Å². The zero-order valence-electron chi connectivity index (χ0n) is 11.2. The van der Waals surface area contributed by atoms with Gasteiger partial charge in [0.05, 0.1) is 11.2 Å². The lowest BCUT2D eigenvalue weighted by Crippen LogP contribution is -2.63. The van der Waals surface area contributed by atoms with Gasteiger partial charge in [-0.15, -0.1) is 0 Å². The Kier molecular flexibility index (Phi) is 3.90. The maximum atomic E-state index is 11.6. The van der Waals surface area contributed by atoms with Crippen LogP contribution in [0.1, 0.15) is 34.1 Å². The second-order valence-electron chi connectivity index (χ2n) is 5.64. The summed E-state index contributed by atoms with van der Waals surface area (Å²) >= 11 is 0. The van der Waals surface area contributed by atoms with Crippen molar-refractivity contribution in [1.29, 1.82) is 0 Å². The normalized spacial score (nSPS) is 28.7. The molecule has 0 bridgehead atoms. The summed E-state index contributed by atoms with van der Waals surface area (Å²) in [5, 5.41) is 15.9. The summed E-state index contributed by atoms with van der Waals surface area (Å²) < 4.78 is 5.82. The van der Waals surface area contributed by atoms with Crippen LogP contribution in [-0.4, -0.2) is 40.9 Å². The van der Waals surface area contributed by atoms with Gasteiger partial charge in [-0.05, 0) is 33.2 Å². The Morgan fingerprint density at radius 1 is 1.50 bits per heavy atom. The first-order chi connectivity index (χ1) is 8.17. The summed E-state index contributed by atoms with van der Waals surface area (Å²) in [7, 11) is 0. The first kappa shape index (κ1) is 14.8. The van der Waals surface area contributed by atoms with Gasteiger partial charge in [-0.25, -0.2) is 0 Å². The van der Waals surface area contributed by atoms with Crippen LogP contribution in [0.25, 0.3) is 10.4 Å². The highest BCUT2D eigenvalue weighted by atomic mass is 16.5. The summed E-state index contributed by atoms with van der Waals surface area (Å²) in [4.78, 5) is 14.3. The topological polar surface area (TPSA) is 107 Å². The van der Waals surface area contributed by atoms with Gasteiger partial charge in [-0.1, -0.05) is 5.11 Å². The van der Waals surface area contributed by atoms with Crippen molar-refractivity contribution in [2.24, 2.45) is 5.11 Å². The van der Waals surface area contributed by atoms with E-state index in [4.69, 9.17) is 10.3 Å². The first-order valence-electron chi connectivity index (χ1n) is 5.86. The van der Waals surface area contributed by atoms with Gasteiger partial charge >= 0.3 is 5.97 Å². The molecule has 1 saturated heterocycles. The van der Waals surface area contributed by atoms with Gasteiger partial charge < -0.3 is 9.84 Å². The molecule has 0 radical (unpaired) electrons. The molecule has 1 unspecified atom stereocenters. The number of carbonyl (C=O) groups is 1. The Balaban J connectivity index is 2.93. The van der Waals surface area contributed by atoms with E-state index < -0.39 is 22.7 Å². The van der Waals surface area contributed by atoms with E-state index in [1.807, 2.05) is 13.8 Å². The lowest BCUT2D eigenvalue weighted by Gasteiger charge is -2.36. The minimum absolute atomic E-state index is 0.210. The van der Waals surface area contributed by atoms with Crippen molar-refractivity contribution >= 4 is 5.97 Å². The van der Waals surface area contributed by atoms with E-state index in [0.717, 1.165) is 0 Å². The highest BCUT2D eigenvalue weighted by Crippen LogP contribution is 2.45. The Morgan fingerprint density at radius 2 is 2.11 bits per heavy atom. The predicted molar refractivity (Wildman–Crippen MR) is 66.2 cm³/mol. The van der Waals surface area contributed by atoms with E-state index >= 15 is 0 Å². The highest BCUT2D eigenvalue weighted by molar-refractivity contribution is 5.81. The zero-order valence-corrected chi connectivity index (χ0v) is 11.2. The van der Waals surface area contributed by atoms with Crippen LogP contribution in [0.2, 0.25) is 0 Å². The molecule has 7 heteroatoms. The van der Waals surface area contributed by atoms with Gasteiger partial charge in [-0.2, -0.15) is 0 Å². The molecule has 0 aromatic heterocycles. The first-order valence-corrected chi connectivity index (χ1v) is 5.86. The maximum absolute atomic E-state index is 11.6.